The van der Waals surface area contributed by atoms with Gasteiger partial charge in [0.25, 0.3) is 15.0 Å². The Kier molecular flexibility index (Phi) is 5.81. The molecule has 0 spiro atoms. The molecule has 1 rings (SSSR count). The van der Waals surface area contributed by atoms with Gasteiger partial charge in [-0.25, -0.2) is 8.42 Å². The van der Waals surface area contributed by atoms with Crippen molar-refractivity contribution in [1.82, 2.24) is 15.5 Å². The van der Waals surface area contributed by atoms with E-state index >= 15 is 0 Å². The minimum absolute atomic E-state index is 0.165. The number of hydrogen-bond donors (Lipinski definition) is 2. The Balaban J connectivity index is 3.22. The molecule has 0 atom stereocenters. The van der Waals surface area contributed by atoms with Crippen LogP contribution in [0.15, 0.2) is 4.90 Å². The Morgan fingerprint density at radius 1 is 1.33 bits per heavy atom. The molecule has 1 aromatic heterocycles. The van der Waals surface area contributed by atoms with E-state index in [1.807, 2.05) is 27.7 Å². The molecule has 0 radical (unpaired) electrons. The average Bonchev–Trinajstić information content (AvgIpc) is 2.83. The fourth-order valence-electron chi connectivity index (χ4n) is 1.96. The lowest BCUT2D eigenvalue weighted by atomic mass is 9.95. The summed E-state index contributed by atoms with van der Waals surface area (Å²) in [4.78, 5) is 12.1. The number of amides is 1. The molecule has 1 amide bonds. The maximum absolute atomic E-state index is 12.3. The first-order valence-corrected chi connectivity index (χ1v) is 9.33. The van der Waals surface area contributed by atoms with Gasteiger partial charge in [0.1, 0.15) is 4.90 Å². The van der Waals surface area contributed by atoms with Gasteiger partial charge < -0.3 is 5.32 Å². The highest BCUT2D eigenvalue weighted by Crippen LogP contribution is 2.24. The molecule has 0 fully saturated rings. The van der Waals surface area contributed by atoms with E-state index in [2.05, 4.69) is 15.5 Å². The summed E-state index contributed by atoms with van der Waals surface area (Å²) in [5.41, 5.74) is -0.206. The van der Waals surface area contributed by atoms with Crippen molar-refractivity contribution < 1.29 is 13.2 Å². The second-order valence-electron chi connectivity index (χ2n) is 5.29. The number of aromatic amines is 1. The standard InChI is InChI=1S/C13H22ClN3O3S/c1-5-8-9-11(21(14,19)20)10(17-16-9)12(18)15-13(4,6-2)7-3/h5-8H2,1-4H3,(H,15,18)(H,16,17). The molecular weight excluding hydrogens is 314 g/mol. The molecule has 0 bridgehead atoms. The van der Waals surface area contributed by atoms with Gasteiger partial charge in [0.2, 0.25) is 0 Å². The smallest absolute Gasteiger partial charge is 0.273 e. The topological polar surface area (TPSA) is 91.9 Å². The molecule has 0 aromatic carbocycles. The monoisotopic (exact) mass is 335 g/mol. The third-order valence-corrected chi connectivity index (χ3v) is 5.12. The molecule has 6 nitrogen and oxygen atoms in total. The predicted molar refractivity (Wildman–Crippen MR) is 82.1 cm³/mol. The third-order valence-electron chi connectivity index (χ3n) is 3.73. The van der Waals surface area contributed by atoms with Crippen molar-refractivity contribution in [2.45, 2.75) is 63.8 Å². The number of nitrogens with one attached hydrogen (secondary N) is 2. The van der Waals surface area contributed by atoms with E-state index in [1.54, 1.807) is 0 Å². The predicted octanol–water partition coefficient (Wildman–Crippen LogP) is 2.60. The molecular formula is C13H22ClN3O3S. The summed E-state index contributed by atoms with van der Waals surface area (Å²) < 4.78 is 23.5. The Morgan fingerprint density at radius 3 is 2.33 bits per heavy atom. The van der Waals surface area contributed by atoms with Crippen LogP contribution in [0.25, 0.3) is 0 Å². The lowest BCUT2D eigenvalue weighted by Gasteiger charge is -2.27. The van der Waals surface area contributed by atoms with Crippen LogP contribution < -0.4 is 5.32 Å². The van der Waals surface area contributed by atoms with Gasteiger partial charge in [0.05, 0.1) is 5.69 Å². The van der Waals surface area contributed by atoms with Crippen LogP contribution in [-0.2, 0) is 15.5 Å². The maximum Gasteiger partial charge on any atom is 0.273 e. The number of aromatic nitrogens is 2. The summed E-state index contributed by atoms with van der Waals surface area (Å²) in [6.07, 6.45) is 2.62. The Bertz CT molecular complexity index is 606. The van der Waals surface area contributed by atoms with E-state index in [4.69, 9.17) is 10.7 Å². The van der Waals surface area contributed by atoms with Crippen LogP contribution in [0.2, 0.25) is 0 Å². The van der Waals surface area contributed by atoms with E-state index in [-0.39, 0.29) is 10.6 Å². The molecule has 0 aliphatic carbocycles. The van der Waals surface area contributed by atoms with E-state index in [1.165, 1.54) is 0 Å². The number of halogens is 1. The lowest BCUT2D eigenvalue weighted by molar-refractivity contribution is 0.0892. The van der Waals surface area contributed by atoms with Gasteiger partial charge in [-0.15, -0.1) is 0 Å². The zero-order valence-corrected chi connectivity index (χ0v) is 14.4. The van der Waals surface area contributed by atoms with Gasteiger partial charge in [-0.3, -0.25) is 9.89 Å². The zero-order valence-electron chi connectivity index (χ0n) is 12.8. The Morgan fingerprint density at radius 2 is 1.90 bits per heavy atom. The van der Waals surface area contributed by atoms with Crippen molar-refractivity contribution in [3.63, 3.8) is 0 Å². The van der Waals surface area contributed by atoms with Crippen LogP contribution in [0.5, 0.6) is 0 Å². The highest BCUT2D eigenvalue weighted by Gasteiger charge is 2.31. The molecule has 1 heterocycles. The first-order valence-electron chi connectivity index (χ1n) is 7.03. The van der Waals surface area contributed by atoms with Gasteiger partial charge >= 0.3 is 0 Å². The largest absolute Gasteiger partial charge is 0.345 e. The van der Waals surface area contributed by atoms with E-state index in [0.717, 1.165) is 12.8 Å². The molecule has 8 heteroatoms. The summed E-state index contributed by atoms with van der Waals surface area (Å²) >= 11 is 0. The van der Waals surface area contributed by atoms with Gasteiger partial charge in [0.15, 0.2) is 5.69 Å². The number of aryl methyl sites for hydroxylation is 1. The van der Waals surface area contributed by atoms with Gasteiger partial charge in [0, 0.05) is 16.2 Å². The summed E-state index contributed by atoms with van der Waals surface area (Å²) in [6, 6.07) is 0. The molecule has 1 aromatic rings. The number of carbonyl (C=O) groups is 1. The summed E-state index contributed by atoms with van der Waals surface area (Å²) in [5.74, 6) is -0.529. The Hall–Kier alpha value is -1.08. The quantitative estimate of drug-likeness (QED) is 0.749. The fourth-order valence-corrected chi connectivity index (χ4v) is 3.27. The second-order valence-corrected chi connectivity index (χ2v) is 7.79. The highest BCUT2D eigenvalue weighted by molar-refractivity contribution is 8.13. The van der Waals surface area contributed by atoms with E-state index < -0.39 is 20.5 Å². The van der Waals surface area contributed by atoms with Gasteiger partial charge in [-0.1, -0.05) is 27.2 Å². The normalized spacial score (nSPS) is 12.4. The van der Waals surface area contributed by atoms with Crippen molar-refractivity contribution in [2.24, 2.45) is 0 Å². The lowest BCUT2D eigenvalue weighted by Crippen LogP contribution is -2.45. The molecule has 120 valence electrons. The third kappa shape index (κ3) is 4.20. The van der Waals surface area contributed by atoms with E-state index in [9.17, 15) is 13.2 Å². The minimum atomic E-state index is -4.04. The van der Waals surface area contributed by atoms with Crippen molar-refractivity contribution in [1.29, 1.82) is 0 Å². The minimum Gasteiger partial charge on any atom is -0.345 e. The van der Waals surface area contributed by atoms with Crippen LogP contribution in [0, 0.1) is 0 Å². The van der Waals surface area contributed by atoms with Crippen molar-refractivity contribution in [2.75, 3.05) is 0 Å². The molecule has 0 aliphatic rings. The summed E-state index contributed by atoms with van der Waals surface area (Å²) in [7, 11) is 1.42. The number of rotatable bonds is 7. The molecule has 0 unspecified atom stereocenters. The van der Waals surface area contributed by atoms with Crippen LogP contribution >= 0.6 is 10.7 Å². The number of nitrogens with zero attached hydrogens (tertiary/aromatic N) is 1. The molecule has 2 N–H and O–H groups in total. The SMILES string of the molecule is CCCc1[nH]nc(C(=O)NC(C)(CC)CC)c1S(=O)(=O)Cl. The van der Waals surface area contributed by atoms with Gasteiger partial charge in [-0.05, 0) is 26.2 Å². The number of carbonyl (C=O) groups excluding carboxylic acids is 1. The van der Waals surface area contributed by atoms with Crippen molar-refractivity contribution in [3.8, 4) is 0 Å². The van der Waals surface area contributed by atoms with Crippen molar-refractivity contribution >= 4 is 25.6 Å². The van der Waals surface area contributed by atoms with Crippen LogP contribution in [0.1, 0.15) is 63.1 Å². The van der Waals surface area contributed by atoms with Crippen molar-refractivity contribution in [3.05, 3.63) is 11.4 Å². The van der Waals surface area contributed by atoms with Crippen LogP contribution in [0.3, 0.4) is 0 Å². The average molecular weight is 336 g/mol. The first kappa shape index (κ1) is 18.0. The summed E-state index contributed by atoms with van der Waals surface area (Å²) in [6.45, 7) is 7.71. The molecule has 0 saturated heterocycles. The summed E-state index contributed by atoms with van der Waals surface area (Å²) in [5, 5.41) is 9.30. The maximum atomic E-state index is 12.3. The second kappa shape index (κ2) is 6.79. The fraction of sp³-hybridized carbons (Fsp3) is 0.692. The zero-order chi connectivity index (χ0) is 16.3. The number of hydrogen-bond acceptors (Lipinski definition) is 4. The molecule has 21 heavy (non-hydrogen) atoms. The van der Waals surface area contributed by atoms with E-state index in [0.29, 0.717) is 18.5 Å². The first-order chi connectivity index (χ1) is 9.68. The Labute approximate surface area is 130 Å². The van der Waals surface area contributed by atoms with Crippen LogP contribution in [-0.4, -0.2) is 30.1 Å². The highest BCUT2D eigenvalue weighted by atomic mass is 35.7. The molecule has 0 aliphatic heterocycles. The number of H-pyrrole nitrogens is 1. The van der Waals surface area contributed by atoms with Crippen LogP contribution in [0.4, 0.5) is 0 Å². The molecule has 0 saturated carbocycles. The van der Waals surface area contributed by atoms with Gasteiger partial charge in [-0.2, -0.15) is 5.10 Å².